The molecule has 3 nitrogen and oxygen atoms in total. The highest BCUT2D eigenvalue weighted by molar-refractivity contribution is 6.30. The average Bonchev–Trinajstić information content (AvgIpc) is 2.57. The van der Waals surface area contributed by atoms with Gasteiger partial charge in [0.25, 0.3) is 0 Å². The summed E-state index contributed by atoms with van der Waals surface area (Å²) >= 11 is 5.87. The highest BCUT2D eigenvalue weighted by atomic mass is 35.5. The molecule has 0 aliphatic rings. The van der Waals surface area contributed by atoms with E-state index < -0.39 is 0 Å². The van der Waals surface area contributed by atoms with Gasteiger partial charge in [0, 0.05) is 29.9 Å². The Morgan fingerprint density at radius 2 is 1.94 bits per heavy atom. The van der Waals surface area contributed by atoms with E-state index in [1.54, 1.807) is 0 Å². The van der Waals surface area contributed by atoms with Crippen LogP contribution in [0, 0.1) is 6.92 Å². The van der Waals surface area contributed by atoms with Gasteiger partial charge in [0.1, 0.15) is 0 Å². The molecule has 84 valence electrons. The van der Waals surface area contributed by atoms with Crippen molar-refractivity contribution in [1.29, 1.82) is 0 Å². The molecule has 1 aromatic heterocycles. The number of nitrogens with two attached hydrogens (primary N) is 1. The third-order valence-corrected chi connectivity index (χ3v) is 2.98. The van der Waals surface area contributed by atoms with Crippen LogP contribution in [0.5, 0.6) is 0 Å². The van der Waals surface area contributed by atoms with Gasteiger partial charge >= 0.3 is 0 Å². The van der Waals surface area contributed by atoms with Crippen molar-refractivity contribution in [1.82, 2.24) is 9.78 Å². The molecule has 2 N–H and O–H groups in total. The fraction of sp³-hybridized carbons (Fsp3) is 0.250. The van der Waals surface area contributed by atoms with Crippen molar-refractivity contribution in [3.8, 4) is 11.1 Å². The maximum Gasteiger partial charge on any atom is 0.0841 e. The van der Waals surface area contributed by atoms with E-state index in [2.05, 4.69) is 5.10 Å². The van der Waals surface area contributed by atoms with E-state index in [-0.39, 0.29) is 0 Å². The van der Waals surface area contributed by atoms with Gasteiger partial charge < -0.3 is 5.73 Å². The minimum Gasteiger partial charge on any atom is -0.325 e. The van der Waals surface area contributed by atoms with Gasteiger partial charge in [-0.25, -0.2) is 0 Å². The average molecular weight is 236 g/mol. The summed E-state index contributed by atoms with van der Waals surface area (Å²) in [4.78, 5) is 0. The molecular weight excluding hydrogens is 222 g/mol. The number of aryl methyl sites for hydroxylation is 1. The van der Waals surface area contributed by atoms with Gasteiger partial charge in [-0.05, 0) is 24.6 Å². The van der Waals surface area contributed by atoms with Crippen molar-refractivity contribution in [2.75, 3.05) is 0 Å². The van der Waals surface area contributed by atoms with Crippen molar-refractivity contribution in [3.05, 3.63) is 40.7 Å². The van der Waals surface area contributed by atoms with Gasteiger partial charge in [0.2, 0.25) is 0 Å². The van der Waals surface area contributed by atoms with Gasteiger partial charge in [0.05, 0.1) is 5.69 Å². The summed E-state index contributed by atoms with van der Waals surface area (Å²) in [7, 11) is 1.92. The number of hydrogen-bond acceptors (Lipinski definition) is 2. The molecule has 0 radical (unpaired) electrons. The van der Waals surface area contributed by atoms with Crippen LogP contribution in [0.2, 0.25) is 5.02 Å². The van der Waals surface area contributed by atoms with Gasteiger partial charge in [0.15, 0.2) is 0 Å². The predicted octanol–water partition coefficient (Wildman–Crippen LogP) is 2.51. The zero-order chi connectivity index (χ0) is 11.7. The van der Waals surface area contributed by atoms with Crippen molar-refractivity contribution >= 4 is 11.6 Å². The van der Waals surface area contributed by atoms with E-state index in [1.807, 2.05) is 42.9 Å². The second-order valence-electron chi connectivity index (χ2n) is 3.74. The second-order valence-corrected chi connectivity index (χ2v) is 4.18. The number of nitrogens with zero attached hydrogens (tertiary/aromatic N) is 2. The zero-order valence-corrected chi connectivity index (χ0v) is 10.1. The number of rotatable bonds is 2. The maximum absolute atomic E-state index is 5.87. The summed E-state index contributed by atoms with van der Waals surface area (Å²) in [5.74, 6) is 0. The van der Waals surface area contributed by atoms with E-state index in [4.69, 9.17) is 17.3 Å². The minimum atomic E-state index is 0.444. The molecule has 0 aliphatic heterocycles. The molecule has 0 aliphatic carbocycles. The van der Waals surface area contributed by atoms with Crippen LogP contribution in [-0.2, 0) is 13.6 Å². The lowest BCUT2D eigenvalue weighted by atomic mass is 10.0. The van der Waals surface area contributed by atoms with Crippen LogP contribution in [0.4, 0.5) is 0 Å². The smallest absolute Gasteiger partial charge is 0.0841 e. The molecule has 0 saturated carbocycles. The van der Waals surface area contributed by atoms with Crippen LogP contribution >= 0.6 is 11.6 Å². The Hall–Kier alpha value is -1.32. The lowest BCUT2D eigenvalue weighted by molar-refractivity contribution is 0.721. The maximum atomic E-state index is 5.87. The number of halogens is 1. The first kappa shape index (κ1) is 11.2. The summed E-state index contributed by atoms with van der Waals surface area (Å²) in [5, 5.41) is 5.12. The Morgan fingerprint density at radius 1 is 1.31 bits per heavy atom. The van der Waals surface area contributed by atoms with Crippen LogP contribution < -0.4 is 5.73 Å². The monoisotopic (exact) mass is 235 g/mol. The van der Waals surface area contributed by atoms with Gasteiger partial charge in [-0.1, -0.05) is 23.7 Å². The first-order valence-corrected chi connectivity index (χ1v) is 5.49. The predicted molar refractivity (Wildman–Crippen MR) is 66.3 cm³/mol. The van der Waals surface area contributed by atoms with E-state index in [9.17, 15) is 0 Å². The molecule has 0 unspecified atom stereocenters. The lowest BCUT2D eigenvalue weighted by Crippen LogP contribution is -1.99. The van der Waals surface area contributed by atoms with E-state index in [0.29, 0.717) is 6.54 Å². The van der Waals surface area contributed by atoms with Crippen LogP contribution in [0.25, 0.3) is 11.1 Å². The lowest BCUT2D eigenvalue weighted by Gasteiger charge is -2.03. The van der Waals surface area contributed by atoms with Crippen LogP contribution in [0.3, 0.4) is 0 Å². The van der Waals surface area contributed by atoms with E-state index in [1.165, 1.54) is 0 Å². The minimum absolute atomic E-state index is 0.444. The quantitative estimate of drug-likeness (QED) is 0.869. The molecule has 4 heteroatoms. The molecular formula is C12H14ClN3. The third kappa shape index (κ3) is 1.84. The molecule has 1 heterocycles. The molecule has 0 atom stereocenters. The summed E-state index contributed by atoms with van der Waals surface area (Å²) in [6.07, 6.45) is 0. The SMILES string of the molecule is Cc1c(-c2ccc(Cl)cc2)c(CN)nn1C. The first-order chi connectivity index (χ1) is 7.63. The summed E-state index contributed by atoms with van der Waals surface area (Å²) < 4.78 is 1.85. The van der Waals surface area contributed by atoms with Crippen molar-refractivity contribution in [3.63, 3.8) is 0 Å². The van der Waals surface area contributed by atoms with Gasteiger partial charge in [-0.2, -0.15) is 5.10 Å². The Balaban J connectivity index is 2.58. The molecule has 2 rings (SSSR count). The molecule has 2 aromatic rings. The Kier molecular flexibility index (Phi) is 2.99. The Labute approximate surface area is 99.8 Å². The third-order valence-electron chi connectivity index (χ3n) is 2.73. The molecule has 0 bridgehead atoms. The Morgan fingerprint density at radius 3 is 2.50 bits per heavy atom. The van der Waals surface area contributed by atoms with Crippen LogP contribution in [0.15, 0.2) is 24.3 Å². The first-order valence-electron chi connectivity index (χ1n) is 5.12. The number of benzene rings is 1. The normalized spacial score (nSPS) is 10.8. The topological polar surface area (TPSA) is 43.8 Å². The largest absolute Gasteiger partial charge is 0.325 e. The summed E-state index contributed by atoms with van der Waals surface area (Å²) in [6.45, 7) is 2.48. The van der Waals surface area contributed by atoms with Gasteiger partial charge in [-0.15, -0.1) is 0 Å². The molecule has 16 heavy (non-hydrogen) atoms. The van der Waals surface area contributed by atoms with Crippen molar-refractivity contribution in [2.45, 2.75) is 13.5 Å². The molecule has 0 amide bonds. The highest BCUT2D eigenvalue weighted by Gasteiger charge is 2.13. The molecule has 0 fully saturated rings. The van der Waals surface area contributed by atoms with E-state index >= 15 is 0 Å². The standard InChI is InChI=1S/C12H14ClN3/c1-8-12(11(7-14)15-16(8)2)9-3-5-10(13)6-4-9/h3-6H,7,14H2,1-2H3. The second kappa shape index (κ2) is 4.28. The molecule has 1 aromatic carbocycles. The fourth-order valence-electron chi connectivity index (χ4n) is 1.81. The van der Waals surface area contributed by atoms with E-state index in [0.717, 1.165) is 27.5 Å². The number of hydrogen-bond donors (Lipinski definition) is 1. The fourth-order valence-corrected chi connectivity index (χ4v) is 1.94. The van der Waals surface area contributed by atoms with Crippen LogP contribution in [0.1, 0.15) is 11.4 Å². The molecule has 0 saturated heterocycles. The van der Waals surface area contributed by atoms with Crippen LogP contribution in [-0.4, -0.2) is 9.78 Å². The summed E-state index contributed by atoms with van der Waals surface area (Å²) in [6, 6.07) is 7.74. The summed E-state index contributed by atoms with van der Waals surface area (Å²) in [5.41, 5.74) is 9.95. The van der Waals surface area contributed by atoms with Crippen molar-refractivity contribution < 1.29 is 0 Å². The Bertz CT molecular complexity index is 500. The van der Waals surface area contributed by atoms with Crippen molar-refractivity contribution in [2.24, 2.45) is 12.8 Å². The zero-order valence-electron chi connectivity index (χ0n) is 9.37. The van der Waals surface area contributed by atoms with Gasteiger partial charge in [-0.3, -0.25) is 4.68 Å². The highest BCUT2D eigenvalue weighted by Crippen LogP contribution is 2.27. The number of aromatic nitrogens is 2. The molecule has 0 spiro atoms.